The van der Waals surface area contributed by atoms with Crippen LogP contribution in [-0.4, -0.2) is 14.8 Å². The van der Waals surface area contributed by atoms with Gasteiger partial charge < -0.3 is 5.73 Å². The monoisotopic (exact) mass is 306 g/mol. The zero-order valence-electron chi connectivity index (χ0n) is 7.67. The van der Waals surface area contributed by atoms with E-state index in [0.717, 1.165) is 12.1 Å². The Morgan fingerprint density at radius 3 is 2.62 bits per heavy atom. The summed E-state index contributed by atoms with van der Waals surface area (Å²) in [5.41, 5.74) is 5.55. The third kappa shape index (κ3) is 1.74. The maximum Gasteiger partial charge on any atom is 0.225 e. The minimum atomic E-state index is -0.781. The van der Waals surface area contributed by atoms with Crippen molar-refractivity contribution in [2.75, 3.05) is 5.73 Å². The number of nitrogens with zero attached hydrogens (tertiary/aromatic N) is 2. The van der Waals surface area contributed by atoms with E-state index < -0.39 is 11.6 Å². The molecule has 0 spiro atoms. The summed E-state index contributed by atoms with van der Waals surface area (Å²) < 4.78 is 28.0. The van der Waals surface area contributed by atoms with Gasteiger partial charge in [-0.2, -0.15) is 0 Å². The minimum Gasteiger partial charge on any atom is -0.368 e. The SMILES string of the molecule is Nc1n[nH]c(=S)n1-c1c(F)cc(F)cc1Br. The van der Waals surface area contributed by atoms with Gasteiger partial charge in [0.15, 0.2) is 5.82 Å². The molecule has 1 aromatic carbocycles. The largest absolute Gasteiger partial charge is 0.368 e. The molecule has 2 aromatic rings. The highest BCUT2D eigenvalue weighted by Gasteiger charge is 2.15. The lowest BCUT2D eigenvalue weighted by atomic mass is 10.3. The number of aromatic amines is 1. The first-order chi connectivity index (χ1) is 7.50. The van der Waals surface area contributed by atoms with Crippen molar-refractivity contribution in [2.45, 2.75) is 0 Å². The Balaban J connectivity index is 2.79. The Kier molecular flexibility index (Phi) is 2.76. The molecule has 0 amide bonds. The van der Waals surface area contributed by atoms with E-state index in [4.69, 9.17) is 18.0 Å². The molecule has 16 heavy (non-hydrogen) atoms. The van der Waals surface area contributed by atoms with Gasteiger partial charge in [-0.05, 0) is 34.2 Å². The fraction of sp³-hybridized carbons (Fsp3) is 0. The van der Waals surface area contributed by atoms with E-state index in [9.17, 15) is 8.78 Å². The van der Waals surface area contributed by atoms with Gasteiger partial charge in [-0.25, -0.2) is 13.9 Å². The molecule has 0 atom stereocenters. The molecular formula is C8H5BrF2N4S. The molecule has 0 aliphatic heterocycles. The topological polar surface area (TPSA) is 59.6 Å². The number of halogens is 3. The Morgan fingerprint density at radius 1 is 1.44 bits per heavy atom. The maximum absolute atomic E-state index is 13.6. The van der Waals surface area contributed by atoms with Crippen molar-refractivity contribution in [1.29, 1.82) is 0 Å². The predicted octanol–water partition coefficient (Wildman–Crippen LogP) is 2.55. The molecule has 4 nitrogen and oxygen atoms in total. The quantitative estimate of drug-likeness (QED) is 0.796. The highest BCUT2D eigenvalue weighted by Crippen LogP contribution is 2.27. The lowest BCUT2D eigenvalue weighted by Crippen LogP contribution is -2.04. The molecule has 0 saturated heterocycles. The van der Waals surface area contributed by atoms with Crippen molar-refractivity contribution in [1.82, 2.24) is 14.8 Å². The van der Waals surface area contributed by atoms with Crippen molar-refractivity contribution in [2.24, 2.45) is 0 Å². The first-order valence-corrected chi connectivity index (χ1v) is 5.28. The molecule has 0 saturated carbocycles. The fourth-order valence-corrected chi connectivity index (χ4v) is 2.09. The lowest BCUT2D eigenvalue weighted by Gasteiger charge is -2.07. The van der Waals surface area contributed by atoms with Crippen LogP contribution in [0, 0.1) is 16.4 Å². The van der Waals surface area contributed by atoms with Gasteiger partial charge in [0, 0.05) is 10.5 Å². The molecule has 0 bridgehead atoms. The standard InChI is InChI=1S/C8H5BrF2N4S/c9-4-1-3(10)2-5(11)6(4)15-7(12)13-14-8(15)16/h1-2H,(H2,12,13)(H,14,16). The summed E-state index contributed by atoms with van der Waals surface area (Å²) in [5.74, 6) is -1.48. The number of hydrogen-bond donors (Lipinski definition) is 2. The molecule has 1 heterocycles. The van der Waals surface area contributed by atoms with Crippen molar-refractivity contribution < 1.29 is 8.78 Å². The maximum atomic E-state index is 13.6. The summed E-state index contributed by atoms with van der Waals surface area (Å²) in [6, 6.07) is 1.86. The number of nitrogens with one attached hydrogen (secondary N) is 1. The van der Waals surface area contributed by atoms with Crippen LogP contribution >= 0.6 is 28.1 Å². The molecule has 0 fully saturated rings. The molecule has 3 N–H and O–H groups in total. The van der Waals surface area contributed by atoms with Crippen molar-refractivity contribution >= 4 is 34.1 Å². The minimum absolute atomic E-state index is 0.00351. The number of benzene rings is 1. The summed E-state index contributed by atoms with van der Waals surface area (Å²) in [7, 11) is 0. The number of H-pyrrole nitrogens is 1. The van der Waals surface area contributed by atoms with Crippen molar-refractivity contribution in [3.63, 3.8) is 0 Å². The smallest absolute Gasteiger partial charge is 0.225 e. The van der Waals surface area contributed by atoms with Crippen LogP contribution in [0.2, 0.25) is 0 Å². The van der Waals surface area contributed by atoms with Crippen LogP contribution in [0.15, 0.2) is 16.6 Å². The Hall–Kier alpha value is -1.28. The van der Waals surface area contributed by atoms with Crippen LogP contribution in [0.3, 0.4) is 0 Å². The zero-order chi connectivity index (χ0) is 11.9. The van der Waals surface area contributed by atoms with Gasteiger partial charge >= 0.3 is 0 Å². The number of rotatable bonds is 1. The average molecular weight is 307 g/mol. The first kappa shape index (κ1) is 11.2. The van der Waals surface area contributed by atoms with E-state index in [1.165, 1.54) is 4.57 Å². The highest BCUT2D eigenvalue weighted by atomic mass is 79.9. The second-order valence-corrected chi connectivity index (χ2v) is 4.18. The Bertz CT molecular complexity index is 583. The van der Waals surface area contributed by atoms with E-state index in [-0.39, 0.29) is 20.9 Å². The van der Waals surface area contributed by atoms with Gasteiger partial charge in [0.2, 0.25) is 10.7 Å². The summed E-state index contributed by atoms with van der Waals surface area (Å²) >= 11 is 7.93. The van der Waals surface area contributed by atoms with Crippen LogP contribution in [0.4, 0.5) is 14.7 Å². The number of aromatic nitrogens is 3. The molecule has 0 radical (unpaired) electrons. The van der Waals surface area contributed by atoms with Crippen LogP contribution in [0.5, 0.6) is 0 Å². The van der Waals surface area contributed by atoms with E-state index >= 15 is 0 Å². The number of hydrogen-bond acceptors (Lipinski definition) is 3. The highest BCUT2D eigenvalue weighted by molar-refractivity contribution is 9.10. The second kappa shape index (κ2) is 3.95. The molecule has 8 heteroatoms. The Morgan fingerprint density at radius 2 is 2.12 bits per heavy atom. The van der Waals surface area contributed by atoms with Crippen molar-refractivity contribution in [3.8, 4) is 5.69 Å². The number of nitrogens with two attached hydrogens (primary N) is 1. The number of anilines is 1. The normalized spacial score (nSPS) is 10.7. The molecule has 0 aliphatic rings. The van der Waals surface area contributed by atoms with Gasteiger partial charge in [-0.1, -0.05) is 0 Å². The van der Waals surface area contributed by atoms with E-state index in [1.807, 2.05) is 0 Å². The molecule has 84 valence electrons. The fourth-order valence-electron chi connectivity index (χ4n) is 1.27. The van der Waals surface area contributed by atoms with Crippen LogP contribution < -0.4 is 5.73 Å². The summed E-state index contributed by atoms with van der Waals surface area (Å²) in [5, 5.41) is 6.05. The van der Waals surface area contributed by atoms with Crippen LogP contribution in [-0.2, 0) is 0 Å². The van der Waals surface area contributed by atoms with Gasteiger partial charge in [0.1, 0.15) is 11.5 Å². The molecule has 0 aliphatic carbocycles. The summed E-state index contributed by atoms with van der Waals surface area (Å²) in [6.45, 7) is 0. The summed E-state index contributed by atoms with van der Waals surface area (Å²) in [6.07, 6.45) is 0. The molecular weight excluding hydrogens is 302 g/mol. The van der Waals surface area contributed by atoms with E-state index in [0.29, 0.717) is 0 Å². The average Bonchev–Trinajstić information content (AvgIpc) is 2.47. The predicted molar refractivity (Wildman–Crippen MR) is 60.8 cm³/mol. The first-order valence-electron chi connectivity index (χ1n) is 4.08. The summed E-state index contributed by atoms with van der Waals surface area (Å²) in [4.78, 5) is 0. The van der Waals surface area contributed by atoms with Gasteiger partial charge in [0.05, 0.1) is 0 Å². The third-order valence-corrected chi connectivity index (χ3v) is 2.78. The van der Waals surface area contributed by atoms with Crippen molar-refractivity contribution in [3.05, 3.63) is 33.0 Å². The lowest BCUT2D eigenvalue weighted by molar-refractivity contribution is 0.576. The van der Waals surface area contributed by atoms with Gasteiger partial charge in [0.25, 0.3) is 0 Å². The number of nitrogen functional groups attached to an aromatic ring is 1. The zero-order valence-corrected chi connectivity index (χ0v) is 10.1. The molecule has 2 rings (SSSR count). The Labute approximate surface area is 102 Å². The van der Waals surface area contributed by atoms with E-state index in [1.54, 1.807) is 0 Å². The second-order valence-electron chi connectivity index (χ2n) is 2.94. The third-order valence-electron chi connectivity index (χ3n) is 1.90. The van der Waals surface area contributed by atoms with E-state index in [2.05, 4.69) is 26.1 Å². The molecule has 0 unspecified atom stereocenters. The van der Waals surface area contributed by atoms with Gasteiger partial charge in [-0.15, -0.1) is 5.10 Å². The van der Waals surface area contributed by atoms with Crippen LogP contribution in [0.25, 0.3) is 5.69 Å². The van der Waals surface area contributed by atoms with Crippen LogP contribution in [0.1, 0.15) is 0 Å². The molecule has 1 aromatic heterocycles. The van der Waals surface area contributed by atoms with Gasteiger partial charge in [-0.3, -0.25) is 4.57 Å².